The molecule has 0 N–H and O–H groups in total. The van der Waals surface area contributed by atoms with Gasteiger partial charge in [-0.25, -0.2) is 9.97 Å². The summed E-state index contributed by atoms with van der Waals surface area (Å²) in [6, 6.07) is 11.6. The van der Waals surface area contributed by atoms with Crippen LogP contribution in [0.4, 0.5) is 0 Å². The van der Waals surface area contributed by atoms with E-state index in [9.17, 15) is 4.79 Å². The highest BCUT2D eigenvalue weighted by atomic mass is 32.2. The van der Waals surface area contributed by atoms with Crippen LogP contribution in [0.15, 0.2) is 52.1 Å². The molecular weight excluding hydrogens is 358 g/mol. The van der Waals surface area contributed by atoms with Gasteiger partial charge in [-0.2, -0.15) is 0 Å². The number of furan rings is 1. The summed E-state index contributed by atoms with van der Waals surface area (Å²) in [5.41, 5.74) is 0.857. The smallest absolute Gasteiger partial charge is 0.235 e. The number of aromatic nitrogens is 2. The van der Waals surface area contributed by atoms with Crippen molar-refractivity contribution in [2.45, 2.75) is 42.9 Å². The molecule has 140 valence electrons. The molecule has 5 nitrogen and oxygen atoms in total. The maximum Gasteiger partial charge on any atom is 0.235 e. The third kappa shape index (κ3) is 4.00. The van der Waals surface area contributed by atoms with Gasteiger partial charge < -0.3 is 9.32 Å². The summed E-state index contributed by atoms with van der Waals surface area (Å²) in [7, 11) is 0. The molecule has 1 aliphatic rings. The van der Waals surface area contributed by atoms with E-state index >= 15 is 0 Å². The summed E-state index contributed by atoms with van der Waals surface area (Å²) in [6.07, 6.45) is 6.25. The summed E-state index contributed by atoms with van der Waals surface area (Å²) in [6.45, 7) is 3.71. The van der Waals surface area contributed by atoms with Crippen LogP contribution in [-0.2, 0) is 4.79 Å². The lowest BCUT2D eigenvalue weighted by atomic mass is 10.2. The van der Waals surface area contributed by atoms with Crippen LogP contribution in [-0.4, -0.2) is 39.1 Å². The average Bonchev–Trinajstić information content (AvgIpc) is 3.10. The van der Waals surface area contributed by atoms with Crippen LogP contribution in [0.25, 0.3) is 22.5 Å². The number of para-hydroxylation sites is 1. The van der Waals surface area contributed by atoms with Crippen LogP contribution in [0.2, 0.25) is 0 Å². The molecule has 3 aromatic rings. The normalized spacial score (nSPS) is 16.3. The summed E-state index contributed by atoms with van der Waals surface area (Å²) in [5, 5.41) is 1.60. The number of hydrogen-bond acceptors (Lipinski definition) is 5. The summed E-state index contributed by atoms with van der Waals surface area (Å²) in [4.78, 5) is 24.3. The molecule has 3 heterocycles. The Bertz CT molecular complexity index is 918. The van der Waals surface area contributed by atoms with Crippen molar-refractivity contribution in [3.63, 3.8) is 0 Å². The first kappa shape index (κ1) is 18.0. The van der Waals surface area contributed by atoms with Crippen LogP contribution < -0.4 is 0 Å². The van der Waals surface area contributed by atoms with Gasteiger partial charge in [0.05, 0.1) is 17.0 Å². The van der Waals surface area contributed by atoms with Gasteiger partial charge in [0, 0.05) is 18.5 Å². The maximum atomic E-state index is 12.9. The standard InChI is InChI=1S/C21H23N3O2S/c1-15(21(25)24-12-6-2-3-7-13-24)27-20-16-9-4-5-10-17(16)22-19(23-20)18-11-8-14-26-18/h4-5,8-11,14-15H,2-3,6-7,12-13H2,1H3. The van der Waals surface area contributed by atoms with Crippen molar-refractivity contribution in [2.75, 3.05) is 13.1 Å². The van der Waals surface area contributed by atoms with Gasteiger partial charge in [0.15, 0.2) is 11.6 Å². The van der Waals surface area contributed by atoms with E-state index in [0.29, 0.717) is 11.6 Å². The number of fused-ring (bicyclic) bond motifs is 1. The number of rotatable bonds is 4. The largest absolute Gasteiger partial charge is 0.461 e. The second-order valence-corrected chi connectivity index (χ2v) is 8.18. The quantitative estimate of drug-likeness (QED) is 0.481. The van der Waals surface area contributed by atoms with Crippen molar-refractivity contribution in [3.8, 4) is 11.6 Å². The van der Waals surface area contributed by atoms with Gasteiger partial charge in [0.2, 0.25) is 5.91 Å². The molecule has 1 saturated heterocycles. The molecule has 27 heavy (non-hydrogen) atoms. The Morgan fingerprint density at radius 1 is 1.07 bits per heavy atom. The van der Waals surface area contributed by atoms with E-state index in [0.717, 1.165) is 41.9 Å². The van der Waals surface area contributed by atoms with Gasteiger partial charge in [0.25, 0.3) is 0 Å². The summed E-state index contributed by atoms with van der Waals surface area (Å²) >= 11 is 1.51. The Hall–Kier alpha value is -2.34. The molecule has 1 aromatic carbocycles. The molecule has 1 unspecified atom stereocenters. The number of carbonyl (C=O) groups excluding carboxylic acids is 1. The van der Waals surface area contributed by atoms with Crippen molar-refractivity contribution >= 4 is 28.6 Å². The van der Waals surface area contributed by atoms with E-state index in [1.54, 1.807) is 6.26 Å². The fourth-order valence-electron chi connectivity index (χ4n) is 3.42. The van der Waals surface area contributed by atoms with Crippen molar-refractivity contribution in [3.05, 3.63) is 42.7 Å². The zero-order valence-corrected chi connectivity index (χ0v) is 16.2. The van der Waals surface area contributed by atoms with Gasteiger partial charge >= 0.3 is 0 Å². The van der Waals surface area contributed by atoms with Crippen molar-refractivity contribution < 1.29 is 9.21 Å². The molecule has 1 aliphatic heterocycles. The van der Waals surface area contributed by atoms with Gasteiger partial charge in [-0.05, 0) is 38.0 Å². The van der Waals surface area contributed by atoms with E-state index in [1.165, 1.54) is 24.6 Å². The number of thioether (sulfide) groups is 1. The first-order valence-corrected chi connectivity index (χ1v) is 10.4. The van der Waals surface area contributed by atoms with Crippen molar-refractivity contribution in [2.24, 2.45) is 0 Å². The number of nitrogens with zero attached hydrogens (tertiary/aromatic N) is 3. The maximum absolute atomic E-state index is 12.9. The topological polar surface area (TPSA) is 59.2 Å². The van der Waals surface area contributed by atoms with E-state index in [2.05, 4.69) is 4.98 Å². The Balaban J connectivity index is 1.63. The van der Waals surface area contributed by atoms with Crippen LogP contribution in [0.3, 0.4) is 0 Å². The average molecular weight is 382 g/mol. The summed E-state index contributed by atoms with van der Waals surface area (Å²) in [5.74, 6) is 1.38. The SMILES string of the molecule is CC(Sc1nc(-c2ccco2)nc2ccccc12)C(=O)N1CCCCCC1. The number of likely N-dealkylation sites (tertiary alicyclic amines) is 1. The number of hydrogen-bond donors (Lipinski definition) is 0. The number of carbonyl (C=O) groups is 1. The molecule has 1 amide bonds. The highest BCUT2D eigenvalue weighted by molar-refractivity contribution is 8.00. The lowest BCUT2D eigenvalue weighted by Gasteiger charge is -2.23. The molecule has 0 radical (unpaired) electrons. The van der Waals surface area contributed by atoms with E-state index < -0.39 is 0 Å². The fourth-order valence-corrected chi connectivity index (χ4v) is 4.44. The van der Waals surface area contributed by atoms with Gasteiger partial charge in [-0.15, -0.1) is 0 Å². The first-order chi connectivity index (χ1) is 13.2. The van der Waals surface area contributed by atoms with E-state index in [4.69, 9.17) is 9.40 Å². The highest BCUT2D eigenvalue weighted by Gasteiger charge is 2.24. The molecule has 1 atom stereocenters. The second-order valence-electron chi connectivity index (χ2n) is 6.85. The third-order valence-electron chi connectivity index (χ3n) is 4.86. The number of benzene rings is 1. The number of amides is 1. The minimum absolute atomic E-state index is 0.189. The van der Waals surface area contributed by atoms with E-state index in [-0.39, 0.29) is 11.2 Å². The Kier molecular flexibility index (Phi) is 5.43. The molecule has 4 rings (SSSR count). The van der Waals surface area contributed by atoms with Crippen molar-refractivity contribution in [1.29, 1.82) is 0 Å². The first-order valence-electron chi connectivity index (χ1n) is 9.48. The molecule has 6 heteroatoms. The second kappa shape index (κ2) is 8.13. The molecule has 0 bridgehead atoms. The lowest BCUT2D eigenvalue weighted by Crippen LogP contribution is -2.37. The highest BCUT2D eigenvalue weighted by Crippen LogP contribution is 2.32. The van der Waals surface area contributed by atoms with Gasteiger partial charge in [0.1, 0.15) is 5.03 Å². The molecule has 0 aliphatic carbocycles. The third-order valence-corrected chi connectivity index (χ3v) is 5.95. The van der Waals surface area contributed by atoms with Crippen LogP contribution in [0.1, 0.15) is 32.6 Å². The van der Waals surface area contributed by atoms with E-state index in [1.807, 2.05) is 48.2 Å². The molecular formula is C21H23N3O2S. The summed E-state index contributed by atoms with van der Waals surface area (Å²) < 4.78 is 5.48. The van der Waals surface area contributed by atoms with Crippen LogP contribution in [0, 0.1) is 0 Å². The zero-order valence-electron chi connectivity index (χ0n) is 15.4. The zero-order chi connectivity index (χ0) is 18.6. The monoisotopic (exact) mass is 381 g/mol. The predicted octanol–water partition coefficient (Wildman–Crippen LogP) is 4.77. The molecule has 0 saturated carbocycles. The lowest BCUT2D eigenvalue weighted by molar-refractivity contribution is -0.130. The van der Waals surface area contributed by atoms with Crippen LogP contribution >= 0.6 is 11.8 Å². The minimum Gasteiger partial charge on any atom is -0.461 e. The Morgan fingerprint density at radius 3 is 2.59 bits per heavy atom. The predicted molar refractivity (Wildman–Crippen MR) is 108 cm³/mol. The molecule has 0 spiro atoms. The Labute approximate surface area is 163 Å². The van der Waals surface area contributed by atoms with Gasteiger partial charge in [-0.1, -0.05) is 42.8 Å². The Morgan fingerprint density at radius 2 is 1.85 bits per heavy atom. The fraction of sp³-hybridized carbons (Fsp3) is 0.381. The van der Waals surface area contributed by atoms with Crippen molar-refractivity contribution in [1.82, 2.24) is 14.9 Å². The van der Waals surface area contributed by atoms with Gasteiger partial charge in [-0.3, -0.25) is 4.79 Å². The molecule has 2 aromatic heterocycles. The van der Waals surface area contributed by atoms with Crippen LogP contribution in [0.5, 0.6) is 0 Å². The molecule has 1 fully saturated rings. The minimum atomic E-state index is -0.189.